The van der Waals surface area contributed by atoms with Gasteiger partial charge in [-0.15, -0.1) is 4.37 Å². The van der Waals surface area contributed by atoms with E-state index in [2.05, 4.69) is 18.2 Å². The summed E-state index contributed by atoms with van der Waals surface area (Å²) < 4.78 is 9.08. The van der Waals surface area contributed by atoms with Crippen molar-refractivity contribution in [2.75, 3.05) is 13.1 Å². The van der Waals surface area contributed by atoms with E-state index in [9.17, 15) is 9.59 Å². The molecule has 0 unspecified atom stereocenters. The molecule has 2 rings (SSSR count). The number of hydrogen-bond acceptors (Lipinski definition) is 6. The summed E-state index contributed by atoms with van der Waals surface area (Å²) in [5.41, 5.74) is -0.385. The highest BCUT2D eigenvalue weighted by atomic mass is 32.9. The Labute approximate surface area is 137 Å². The molecular formula is C15H22N2O3S2. The Morgan fingerprint density at radius 2 is 1.77 bits per heavy atom. The largest absolute Gasteiger partial charge is 0.401 e. The van der Waals surface area contributed by atoms with E-state index in [1.54, 1.807) is 4.90 Å². The molecule has 0 fully saturated rings. The van der Waals surface area contributed by atoms with E-state index in [0.717, 1.165) is 38.5 Å². The molecular weight excluding hydrogens is 320 g/mol. The first-order valence-electron chi connectivity index (χ1n) is 7.86. The van der Waals surface area contributed by atoms with Crippen molar-refractivity contribution in [3.8, 4) is 10.8 Å². The lowest BCUT2D eigenvalue weighted by Crippen LogP contribution is -2.35. The normalized spacial score (nSPS) is 11.2. The van der Waals surface area contributed by atoms with Crippen LogP contribution in [-0.4, -0.2) is 28.3 Å². The smallest absolute Gasteiger partial charge is 0.352 e. The van der Waals surface area contributed by atoms with Crippen LogP contribution in [0.5, 0.6) is 0 Å². The van der Waals surface area contributed by atoms with Gasteiger partial charge < -0.3 is 9.32 Å². The van der Waals surface area contributed by atoms with E-state index in [-0.39, 0.29) is 11.5 Å². The van der Waals surface area contributed by atoms with E-state index >= 15 is 0 Å². The lowest BCUT2D eigenvalue weighted by Gasteiger charge is -2.22. The predicted octanol–water partition coefficient (Wildman–Crippen LogP) is 4.09. The maximum Gasteiger partial charge on any atom is 0.352 e. The molecule has 0 atom stereocenters. The highest BCUT2D eigenvalue weighted by molar-refractivity contribution is 7.68. The molecule has 7 heteroatoms. The van der Waals surface area contributed by atoms with Gasteiger partial charge in [0.1, 0.15) is 10.4 Å². The van der Waals surface area contributed by atoms with E-state index in [1.165, 1.54) is 20.9 Å². The van der Waals surface area contributed by atoms with E-state index in [4.69, 9.17) is 4.42 Å². The molecule has 0 saturated heterocycles. The molecule has 0 saturated carbocycles. The molecule has 2 aliphatic rings. The van der Waals surface area contributed by atoms with Gasteiger partial charge in [-0.2, -0.15) is 0 Å². The summed E-state index contributed by atoms with van der Waals surface area (Å²) in [6.07, 6.45) is 6.33. The van der Waals surface area contributed by atoms with Crippen molar-refractivity contribution >= 4 is 26.8 Å². The van der Waals surface area contributed by atoms with E-state index < -0.39 is 5.63 Å². The van der Waals surface area contributed by atoms with Crippen LogP contribution in [0.2, 0.25) is 0 Å². The molecule has 0 aromatic carbocycles. The zero-order valence-corrected chi connectivity index (χ0v) is 14.7. The molecule has 0 aliphatic carbocycles. The van der Waals surface area contributed by atoms with Gasteiger partial charge in [-0.3, -0.25) is 4.79 Å². The molecule has 122 valence electrons. The number of aromatic nitrogens is 1. The monoisotopic (exact) mass is 342 g/mol. The van der Waals surface area contributed by atoms with Crippen LogP contribution in [0.3, 0.4) is 0 Å². The first kappa shape index (κ1) is 17.1. The summed E-state index contributed by atoms with van der Waals surface area (Å²) in [7, 11) is 2.57. The SMILES string of the molecule is CCCCCN(CCCCC)C(=O)c1c2ssnc-2oc1=O. The molecule has 0 N–H and O–H groups in total. The van der Waals surface area contributed by atoms with Gasteiger partial charge >= 0.3 is 5.63 Å². The fourth-order valence-corrected chi connectivity index (χ4v) is 4.16. The van der Waals surface area contributed by atoms with Crippen LogP contribution in [0.1, 0.15) is 62.7 Å². The first-order chi connectivity index (χ1) is 10.7. The van der Waals surface area contributed by atoms with Crippen LogP contribution in [0, 0.1) is 0 Å². The van der Waals surface area contributed by atoms with Crippen LogP contribution >= 0.6 is 20.9 Å². The van der Waals surface area contributed by atoms with E-state index in [0.29, 0.717) is 23.9 Å². The number of carbonyl (C=O) groups excluding carboxylic acids is 1. The van der Waals surface area contributed by atoms with Gasteiger partial charge in [-0.25, -0.2) is 4.79 Å². The summed E-state index contributed by atoms with van der Waals surface area (Å²) >= 11 is 0. The van der Waals surface area contributed by atoms with Gasteiger partial charge in [0.2, 0.25) is 0 Å². The van der Waals surface area contributed by atoms with Gasteiger partial charge in [0, 0.05) is 23.6 Å². The maximum atomic E-state index is 12.8. The summed E-state index contributed by atoms with van der Waals surface area (Å²) in [4.78, 5) is 27.1. The quantitative estimate of drug-likeness (QED) is 0.509. The summed E-state index contributed by atoms with van der Waals surface area (Å²) in [5, 5.41) is 0. The zero-order valence-electron chi connectivity index (χ0n) is 13.1. The third-order valence-electron chi connectivity index (χ3n) is 3.62. The Hall–Kier alpha value is -1.21. The molecule has 0 radical (unpaired) electrons. The van der Waals surface area contributed by atoms with Gasteiger partial charge in [0.25, 0.3) is 11.8 Å². The second-order valence-electron chi connectivity index (χ2n) is 5.35. The third kappa shape index (κ3) is 3.95. The molecule has 22 heavy (non-hydrogen) atoms. The number of hydrogen-bond donors (Lipinski definition) is 0. The van der Waals surface area contributed by atoms with Crippen molar-refractivity contribution in [3.05, 3.63) is 16.0 Å². The summed E-state index contributed by atoms with van der Waals surface area (Å²) in [5.74, 6) is 0.0952. The van der Waals surface area contributed by atoms with Crippen LogP contribution in [0.15, 0.2) is 9.21 Å². The zero-order chi connectivity index (χ0) is 15.9. The molecule has 2 heterocycles. The molecule has 2 aliphatic heterocycles. The topological polar surface area (TPSA) is 63.4 Å². The van der Waals surface area contributed by atoms with Crippen molar-refractivity contribution in [1.82, 2.24) is 9.27 Å². The number of amides is 1. The van der Waals surface area contributed by atoms with Crippen LogP contribution in [-0.2, 0) is 0 Å². The Morgan fingerprint density at radius 3 is 2.36 bits per heavy atom. The van der Waals surface area contributed by atoms with Crippen LogP contribution in [0.25, 0.3) is 10.8 Å². The molecule has 0 aromatic rings. The molecule has 0 aromatic heterocycles. The summed E-state index contributed by atoms with van der Waals surface area (Å²) in [6, 6.07) is 0. The standard InChI is InChI=1S/C15H22N2O3S2/c1-3-5-7-9-17(10-8-6-4-2)14(18)11-12-13(16-22-21-12)20-15(11)19/h3-10H2,1-2H3. The number of unbranched alkanes of at least 4 members (excludes halogenated alkanes) is 4. The second kappa shape index (κ2) is 8.43. The lowest BCUT2D eigenvalue weighted by atomic mass is 10.2. The Balaban J connectivity index is 2.14. The van der Waals surface area contributed by atoms with Crippen molar-refractivity contribution in [1.29, 1.82) is 0 Å². The Kier molecular flexibility index (Phi) is 6.57. The summed E-state index contributed by atoms with van der Waals surface area (Å²) in [6.45, 7) is 5.67. The number of furan rings is 1. The van der Waals surface area contributed by atoms with Crippen molar-refractivity contribution in [2.45, 2.75) is 52.4 Å². The number of fused-ring (bicyclic) bond motifs is 1. The Bertz CT molecular complexity index is 607. The minimum Gasteiger partial charge on any atom is -0.401 e. The Morgan fingerprint density at radius 1 is 1.14 bits per heavy atom. The van der Waals surface area contributed by atoms with Crippen molar-refractivity contribution in [3.63, 3.8) is 0 Å². The van der Waals surface area contributed by atoms with Gasteiger partial charge in [0.15, 0.2) is 0 Å². The molecule has 0 spiro atoms. The highest BCUT2D eigenvalue weighted by Gasteiger charge is 2.29. The fraction of sp³-hybridized carbons (Fsp3) is 0.667. The van der Waals surface area contributed by atoms with Gasteiger partial charge in [-0.05, 0) is 12.8 Å². The van der Waals surface area contributed by atoms with Gasteiger partial charge in [0.05, 0.1) is 0 Å². The first-order valence-corrected chi connectivity index (χ1v) is 9.97. The average Bonchev–Trinajstić information content (AvgIpc) is 3.05. The number of carbonyl (C=O) groups is 1. The fourth-order valence-electron chi connectivity index (χ4n) is 2.37. The third-order valence-corrected chi connectivity index (χ3v) is 5.43. The van der Waals surface area contributed by atoms with Crippen LogP contribution < -0.4 is 5.63 Å². The van der Waals surface area contributed by atoms with Crippen molar-refractivity contribution in [2.24, 2.45) is 0 Å². The molecule has 0 bridgehead atoms. The highest BCUT2D eigenvalue weighted by Crippen LogP contribution is 2.31. The number of nitrogens with zero attached hydrogens (tertiary/aromatic N) is 2. The minimum atomic E-state index is -0.553. The van der Waals surface area contributed by atoms with E-state index in [1.807, 2.05) is 0 Å². The lowest BCUT2D eigenvalue weighted by molar-refractivity contribution is 0.0748. The molecule has 1 amide bonds. The minimum absolute atomic E-state index is 0.168. The number of rotatable bonds is 9. The maximum absolute atomic E-state index is 12.8. The average molecular weight is 342 g/mol. The predicted molar refractivity (Wildman–Crippen MR) is 90.1 cm³/mol. The second-order valence-corrected chi connectivity index (χ2v) is 7.21. The van der Waals surface area contributed by atoms with Gasteiger partial charge in [-0.1, -0.05) is 49.9 Å². The van der Waals surface area contributed by atoms with Crippen molar-refractivity contribution < 1.29 is 9.21 Å². The van der Waals surface area contributed by atoms with Crippen LogP contribution in [0.4, 0.5) is 0 Å². The molecule has 5 nitrogen and oxygen atoms in total.